The molecule has 1 saturated heterocycles. The van der Waals surface area contributed by atoms with Gasteiger partial charge >= 0.3 is 23.9 Å². The lowest BCUT2D eigenvalue weighted by Crippen LogP contribution is -2.67. The summed E-state index contributed by atoms with van der Waals surface area (Å²) in [6.45, 7) is 4.23. The van der Waals surface area contributed by atoms with E-state index in [-0.39, 0.29) is 12.2 Å². The smallest absolute Gasteiger partial charge is 0.305 e. The molecule has 13 nitrogen and oxygen atoms in total. The maximum absolute atomic E-state index is 12.9. The number of nitrogens with one attached hydrogen (secondary N) is 1. The van der Waals surface area contributed by atoms with Crippen LogP contribution < -0.4 is 11.1 Å². The molecule has 3 N–H and O–H groups in total. The third kappa shape index (κ3) is 7.49. The maximum atomic E-state index is 12.9. The number of nitrogens with two attached hydrogens (primary N) is 1. The SMILES string of the molecule is CC(=O)OC[C@H]1OC(OC(C)=O)[C@H](NC(=O)c2cc(CN)ccn2)[C@@H](OC(C)=O)[C@@H]1OC(C)=O. The molecule has 5 atom stereocenters. The first kappa shape index (κ1) is 26.7. The summed E-state index contributed by atoms with van der Waals surface area (Å²) in [6, 6.07) is 1.76. The van der Waals surface area contributed by atoms with Crippen LogP contribution in [-0.2, 0) is 49.4 Å². The van der Waals surface area contributed by atoms with Crippen LogP contribution in [0.2, 0.25) is 0 Å². The highest BCUT2D eigenvalue weighted by Crippen LogP contribution is 2.28. The Hall–Kier alpha value is -3.58. The summed E-state index contributed by atoms with van der Waals surface area (Å²) >= 11 is 0. The van der Waals surface area contributed by atoms with E-state index < -0.39 is 67.0 Å². The van der Waals surface area contributed by atoms with E-state index in [1.54, 1.807) is 6.07 Å². The van der Waals surface area contributed by atoms with Gasteiger partial charge in [0.2, 0.25) is 6.29 Å². The predicted molar refractivity (Wildman–Crippen MR) is 112 cm³/mol. The number of esters is 4. The topological polar surface area (TPSA) is 182 Å². The summed E-state index contributed by atoms with van der Waals surface area (Å²) in [7, 11) is 0. The van der Waals surface area contributed by atoms with Crippen molar-refractivity contribution in [1.29, 1.82) is 0 Å². The van der Waals surface area contributed by atoms with Gasteiger partial charge in [-0.05, 0) is 17.7 Å². The molecule has 0 bridgehead atoms. The Balaban J connectivity index is 2.46. The number of pyridine rings is 1. The Bertz CT molecular complexity index is 937. The predicted octanol–water partition coefficient (Wildman–Crippen LogP) is -0.647. The van der Waals surface area contributed by atoms with Gasteiger partial charge in [-0.1, -0.05) is 0 Å². The van der Waals surface area contributed by atoms with Crippen LogP contribution >= 0.6 is 0 Å². The first-order valence-electron chi connectivity index (χ1n) is 10.3. The van der Waals surface area contributed by atoms with Gasteiger partial charge in [-0.15, -0.1) is 0 Å². The lowest BCUT2D eigenvalue weighted by Gasteiger charge is -2.44. The van der Waals surface area contributed by atoms with Gasteiger partial charge in [-0.25, -0.2) is 0 Å². The zero-order chi connectivity index (χ0) is 25.4. The molecular formula is C21H27N3O10. The number of amides is 1. The van der Waals surface area contributed by atoms with Crippen molar-refractivity contribution in [1.82, 2.24) is 10.3 Å². The minimum atomic E-state index is -1.49. The summed E-state index contributed by atoms with van der Waals surface area (Å²) in [5.74, 6) is -3.68. The molecule has 1 aromatic rings. The zero-order valence-corrected chi connectivity index (χ0v) is 19.1. The van der Waals surface area contributed by atoms with E-state index in [2.05, 4.69) is 10.3 Å². The van der Waals surface area contributed by atoms with Gasteiger partial charge in [0.25, 0.3) is 5.91 Å². The first-order chi connectivity index (χ1) is 16.0. The fourth-order valence-electron chi connectivity index (χ4n) is 3.27. The number of carbonyl (C=O) groups is 5. The van der Waals surface area contributed by atoms with E-state index in [9.17, 15) is 24.0 Å². The van der Waals surface area contributed by atoms with Gasteiger partial charge in [0.15, 0.2) is 12.2 Å². The molecule has 0 saturated carbocycles. The van der Waals surface area contributed by atoms with Crippen molar-refractivity contribution in [2.24, 2.45) is 5.73 Å². The summed E-state index contributed by atoms with van der Waals surface area (Å²) < 4.78 is 26.6. The molecule has 0 aromatic carbocycles. The Morgan fingerprint density at radius 2 is 1.59 bits per heavy atom. The number of carbonyl (C=O) groups excluding carboxylic acids is 5. The summed E-state index contributed by atoms with van der Waals surface area (Å²) in [6.07, 6.45) is -3.98. The van der Waals surface area contributed by atoms with Crippen LogP contribution in [-0.4, -0.2) is 72.0 Å². The van der Waals surface area contributed by atoms with Crippen LogP contribution in [0.1, 0.15) is 43.7 Å². The normalized spacial score (nSPS) is 23.9. The molecule has 2 rings (SSSR count). The van der Waals surface area contributed by atoms with Crippen LogP contribution in [0.5, 0.6) is 0 Å². The molecule has 1 unspecified atom stereocenters. The van der Waals surface area contributed by atoms with Gasteiger partial charge in [0, 0.05) is 40.4 Å². The van der Waals surface area contributed by atoms with Gasteiger partial charge in [-0.3, -0.25) is 29.0 Å². The lowest BCUT2D eigenvalue weighted by atomic mass is 9.95. The van der Waals surface area contributed by atoms with Crippen LogP contribution in [0.15, 0.2) is 18.3 Å². The Morgan fingerprint density at radius 3 is 2.15 bits per heavy atom. The maximum Gasteiger partial charge on any atom is 0.305 e. The van der Waals surface area contributed by atoms with Crippen molar-refractivity contribution in [2.45, 2.75) is 64.9 Å². The fourth-order valence-corrected chi connectivity index (χ4v) is 3.27. The van der Waals surface area contributed by atoms with E-state index in [4.69, 9.17) is 29.4 Å². The Kier molecular flexibility index (Phi) is 9.45. The molecule has 1 amide bonds. The molecule has 0 spiro atoms. The third-order valence-electron chi connectivity index (χ3n) is 4.57. The zero-order valence-electron chi connectivity index (χ0n) is 19.1. The van der Waals surface area contributed by atoms with Gasteiger partial charge in [0.05, 0.1) is 0 Å². The standard InChI is InChI=1S/C21H27N3O10/c1-10(25)30-9-16-18(31-11(2)26)19(32-12(3)27)17(21(34-16)33-13(4)28)24-20(29)15-7-14(8-22)5-6-23-15/h5-7,16-19,21H,8-9,22H2,1-4H3,(H,24,29)/t16-,17-,18-,19-,21?/m1/s1. The fraction of sp³-hybridized carbons (Fsp3) is 0.524. The molecule has 1 aliphatic heterocycles. The first-order valence-corrected chi connectivity index (χ1v) is 10.3. The van der Waals surface area contributed by atoms with Crippen molar-refractivity contribution in [3.8, 4) is 0 Å². The van der Waals surface area contributed by atoms with Crippen molar-refractivity contribution >= 4 is 29.8 Å². The van der Waals surface area contributed by atoms with Crippen LogP contribution in [0.25, 0.3) is 0 Å². The Labute approximate surface area is 195 Å². The number of hydrogen-bond donors (Lipinski definition) is 2. The minimum Gasteiger partial charge on any atom is -0.463 e. The Morgan fingerprint density at radius 1 is 0.971 bits per heavy atom. The van der Waals surface area contributed by atoms with Gasteiger partial charge in [0.1, 0.15) is 24.4 Å². The second-order valence-electron chi connectivity index (χ2n) is 7.36. The lowest BCUT2D eigenvalue weighted by molar-refractivity contribution is -0.270. The number of aromatic nitrogens is 1. The molecule has 1 aliphatic rings. The van der Waals surface area contributed by atoms with Crippen molar-refractivity contribution in [3.05, 3.63) is 29.6 Å². The van der Waals surface area contributed by atoms with E-state index in [1.807, 2.05) is 0 Å². The minimum absolute atomic E-state index is 0.0165. The average molecular weight is 481 g/mol. The molecule has 13 heteroatoms. The van der Waals surface area contributed by atoms with E-state index in [0.29, 0.717) is 5.56 Å². The molecular weight excluding hydrogens is 454 g/mol. The van der Waals surface area contributed by atoms with Crippen molar-refractivity contribution < 1.29 is 47.7 Å². The number of rotatable bonds is 8. The monoisotopic (exact) mass is 481 g/mol. The highest BCUT2D eigenvalue weighted by atomic mass is 16.7. The van der Waals surface area contributed by atoms with Crippen molar-refractivity contribution in [3.63, 3.8) is 0 Å². The number of nitrogens with zero attached hydrogens (tertiary/aromatic N) is 1. The number of ether oxygens (including phenoxy) is 5. The third-order valence-corrected chi connectivity index (χ3v) is 4.57. The van der Waals surface area contributed by atoms with Crippen molar-refractivity contribution in [2.75, 3.05) is 6.61 Å². The average Bonchev–Trinajstić information content (AvgIpc) is 2.75. The highest BCUT2D eigenvalue weighted by molar-refractivity contribution is 5.92. The molecule has 1 aromatic heterocycles. The molecule has 2 heterocycles. The van der Waals surface area contributed by atoms with Crippen LogP contribution in [0.4, 0.5) is 0 Å². The second kappa shape index (κ2) is 12.0. The summed E-state index contributed by atoms with van der Waals surface area (Å²) in [5, 5.41) is 2.57. The van der Waals surface area contributed by atoms with Gasteiger partial charge < -0.3 is 34.7 Å². The largest absolute Gasteiger partial charge is 0.463 e. The van der Waals surface area contributed by atoms with Gasteiger partial charge in [-0.2, -0.15) is 0 Å². The van der Waals surface area contributed by atoms with Crippen LogP contribution in [0, 0.1) is 0 Å². The molecule has 0 aliphatic carbocycles. The van der Waals surface area contributed by atoms with E-state index in [0.717, 1.165) is 27.7 Å². The highest BCUT2D eigenvalue weighted by Gasteiger charge is 2.52. The quantitative estimate of drug-likeness (QED) is 0.354. The van der Waals surface area contributed by atoms with E-state index >= 15 is 0 Å². The molecule has 0 radical (unpaired) electrons. The molecule has 34 heavy (non-hydrogen) atoms. The van der Waals surface area contributed by atoms with E-state index in [1.165, 1.54) is 12.3 Å². The second-order valence-corrected chi connectivity index (χ2v) is 7.36. The summed E-state index contributed by atoms with van der Waals surface area (Å²) in [5.41, 5.74) is 6.22. The van der Waals surface area contributed by atoms with Crippen LogP contribution in [0.3, 0.4) is 0 Å². The molecule has 1 fully saturated rings. The number of hydrogen-bond acceptors (Lipinski definition) is 12. The summed E-state index contributed by atoms with van der Waals surface area (Å²) in [4.78, 5) is 63.7. The molecule has 186 valence electrons.